The van der Waals surface area contributed by atoms with Crippen molar-refractivity contribution in [1.29, 1.82) is 0 Å². The molecule has 33 heavy (non-hydrogen) atoms. The highest BCUT2D eigenvalue weighted by Gasteiger charge is 2.13. The SMILES string of the molecule is CCOc1cc(/C=N\NC(=O)CSc2ccc(Cl)cc2)cc(I)c1OCc1ccccc1Cl. The predicted molar refractivity (Wildman–Crippen MR) is 144 cm³/mol. The smallest absolute Gasteiger partial charge is 0.250 e. The normalized spacial score (nSPS) is 10.9. The highest BCUT2D eigenvalue weighted by Crippen LogP contribution is 2.35. The fraction of sp³-hybridized carbons (Fsp3) is 0.167. The summed E-state index contributed by atoms with van der Waals surface area (Å²) in [5.74, 6) is 1.28. The quantitative estimate of drug-likeness (QED) is 0.118. The molecule has 0 saturated heterocycles. The summed E-state index contributed by atoms with van der Waals surface area (Å²) >= 11 is 15.7. The van der Waals surface area contributed by atoms with Crippen molar-refractivity contribution in [2.45, 2.75) is 18.4 Å². The van der Waals surface area contributed by atoms with Crippen LogP contribution >= 0.6 is 57.6 Å². The van der Waals surface area contributed by atoms with Gasteiger partial charge in [0.05, 0.1) is 22.1 Å². The van der Waals surface area contributed by atoms with Crippen LogP contribution in [0.3, 0.4) is 0 Å². The van der Waals surface area contributed by atoms with E-state index in [4.69, 9.17) is 32.7 Å². The standard InChI is InChI=1S/C24H21Cl2IN2O3S/c1-2-31-22-12-16(11-21(27)24(22)32-14-17-5-3-4-6-20(17)26)13-28-29-23(30)15-33-19-9-7-18(25)8-10-19/h3-13H,2,14-15H2,1H3,(H,29,30)/b28-13-. The van der Waals surface area contributed by atoms with Crippen LogP contribution in [0.2, 0.25) is 10.0 Å². The summed E-state index contributed by atoms with van der Waals surface area (Å²) in [5, 5.41) is 5.38. The van der Waals surface area contributed by atoms with Crippen LogP contribution in [-0.4, -0.2) is 24.5 Å². The van der Waals surface area contributed by atoms with Gasteiger partial charge in [-0.3, -0.25) is 4.79 Å². The number of rotatable bonds is 10. The molecule has 0 aliphatic rings. The zero-order chi connectivity index (χ0) is 23.6. The molecule has 172 valence electrons. The summed E-state index contributed by atoms with van der Waals surface area (Å²) in [5.41, 5.74) is 4.21. The van der Waals surface area contributed by atoms with Gasteiger partial charge in [-0.15, -0.1) is 11.8 Å². The fourth-order valence-electron chi connectivity index (χ4n) is 2.72. The monoisotopic (exact) mass is 614 g/mol. The summed E-state index contributed by atoms with van der Waals surface area (Å²) in [4.78, 5) is 13.0. The molecule has 0 aliphatic carbocycles. The number of nitrogens with zero attached hydrogens (tertiary/aromatic N) is 1. The molecule has 3 rings (SSSR count). The molecule has 0 saturated carbocycles. The van der Waals surface area contributed by atoms with E-state index in [9.17, 15) is 4.79 Å². The molecule has 5 nitrogen and oxygen atoms in total. The van der Waals surface area contributed by atoms with E-state index in [0.29, 0.717) is 34.8 Å². The minimum atomic E-state index is -0.203. The van der Waals surface area contributed by atoms with Crippen molar-refractivity contribution in [3.63, 3.8) is 0 Å². The number of carbonyl (C=O) groups is 1. The number of hydrazone groups is 1. The molecular weight excluding hydrogens is 594 g/mol. The molecule has 0 bridgehead atoms. The van der Waals surface area contributed by atoms with Gasteiger partial charge in [-0.05, 0) is 77.5 Å². The van der Waals surface area contributed by atoms with Gasteiger partial charge in [0, 0.05) is 20.5 Å². The Morgan fingerprint density at radius 2 is 1.88 bits per heavy atom. The lowest BCUT2D eigenvalue weighted by Gasteiger charge is -2.15. The summed E-state index contributed by atoms with van der Waals surface area (Å²) in [6, 6.07) is 18.6. The first-order chi connectivity index (χ1) is 16.0. The number of halogens is 3. The lowest BCUT2D eigenvalue weighted by Crippen LogP contribution is -2.19. The van der Waals surface area contributed by atoms with Gasteiger partial charge in [0.1, 0.15) is 6.61 Å². The van der Waals surface area contributed by atoms with E-state index in [1.165, 1.54) is 11.8 Å². The number of hydrogen-bond donors (Lipinski definition) is 1. The molecule has 0 radical (unpaired) electrons. The average Bonchev–Trinajstić information content (AvgIpc) is 2.79. The maximum absolute atomic E-state index is 12.1. The maximum Gasteiger partial charge on any atom is 0.250 e. The van der Waals surface area contributed by atoms with Crippen molar-refractivity contribution < 1.29 is 14.3 Å². The maximum atomic E-state index is 12.1. The van der Waals surface area contributed by atoms with E-state index in [1.54, 1.807) is 18.3 Å². The zero-order valence-corrected chi connectivity index (χ0v) is 22.2. The second kappa shape index (κ2) is 13.1. The third kappa shape index (κ3) is 8.10. The summed E-state index contributed by atoms with van der Waals surface area (Å²) in [6.45, 7) is 2.71. The van der Waals surface area contributed by atoms with Crippen LogP contribution < -0.4 is 14.9 Å². The molecule has 0 heterocycles. The minimum absolute atomic E-state index is 0.203. The number of amides is 1. The van der Waals surface area contributed by atoms with Crippen molar-refractivity contribution in [1.82, 2.24) is 5.43 Å². The molecule has 0 fully saturated rings. The van der Waals surface area contributed by atoms with Gasteiger partial charge < -0.3 is 9.47 Å². The van der Waals surface area contributed by atoms with E-state index >= 15 is 0 Å². The molecule has 0 aliphatic heterocycles. The van der Waals surface area contributed by atoms with Crippen LogP contribution in [0.5, 0.6) is 11.5 Å². The topological polar surface area (TPSA) is 59.9 Å². The Kier molecular flexibility index (Phi) is 10.2. The van der Waals surface area contributed by atoms with Gasteiger partial charge >= 0.3 is 0 Å². The van der Waals surface area contributed by atoms with Crippen molar-refractivity contribution in [2.75, 3.05) is 12.4 Å². The van der Waals surface area contributed by atoms with Gasteiger partial charge in [0.2, 0.25) is 5.91 Å². The number of thioether (sulfide) groups is 1. The molecule has 0 aromatic heterocycles. The van der Waals surface area contributed by atoms with Crippen molar-refractivity contribution >= 4 is 69.7 Å². The highest BCUT2D eigenvalue weighted by atomic mass is 127. The number of benzene rings is 3. The number of carbonyl (C=O) groups excluding carboxylic acids is 1. The molecule has 1 N–H and O–H groups in total. The minimum Gasteiger partial charge on any atom is -0.490 e. The molecule has 0 atom stereocenters. The van der Waals surface area contributed by atoms with Gasteiger partial charge in [0.25, 0.3) is 0 Å². The van der Waals surface area contributed by atoms with Gasteiger partial charge in [-0.1, -0.05) is 41.4 Å². The zero-order valence-electron chi connectivity index (χ0n) is 17.7. The van der Waals surface area contributed by atoms with E-state index in [2.05, 4.69) is 33.1 Å². The molecule has 3 aromatic carbocycles. The molecule has 0 spiro atoms. The number of ether oxygens (including phenoxy) is 2. The largest absolute Gasteiger partial charge is 0.490 e. The molecule has 9 heteroatoms. The van der Waals surface area contributed by atoms with E-state index in [0.717, 1.165) is 19.6 Å². The number of hydrogen-bond acceptors (Lipinski definition) is 5. The van der Waals surface area contributed by atoms with Gasteiger partial charge in [0.15, 0.2) is 11.5 Å². The Bertz CT molecular complexity index is 1130. The van der Waals surface area contributed by atoms with Crippen LogP contribution in [0.25, 0.3) is 0 Å². The number of nitrogens with one attached hydrogen (secondary N) is 1. The van der Waals surface area contributed by atoms with E-state index in [1.807, 2.05) is 55.5 Å². The molecular formula is C24H21Cl2IN2O3S. The van der Waals surface area contributed by atoms with Gasteiger partial charge in [-0.2, -0.15) is 5.10 Å². The average molecular weight is 615 g/mol. The highest BCUT2D eigenvalue weighted by molar-refractivity contribution is 14.1. The second-order valence-corrected chi connectivity index (χ2v) is 9.73. The van der Waals surface area contributed by atoms with Crippen LogP contribution in [0, 0.1) is 3.57 Å². The van der Waals surface area contributed by atoms with Crippen molar-refractivity contribution in [2.24, 2.45) is 5.10 Å². The van der Waals surface area contributed by atoms with E-state index in [-0.39, 0.29) is 11.7 Å². The Hall–Kier alpha value is -1.94. The molecule has 3 aromatic rings. The Labute approximate surface area is 221 Å². The van der Waals surface area contributed by atoms with Crippen LogP contribution in [0.1, 0.15) is 18.1 Å². The first-order valence-electron chi connectivity index (χ1n) is 9.99. The fourth-order valence-corrected chi connectivity index (χ4v) is 4.51. The lowest BCUT2D eigenvalue weighted by molar-refractivity contribution is -0.118. The van der Waals surface area contributed by atoms with Crippen LogP contribution in [0.4, 0.5) is 0 Å². The summed E-state index contributed by atoms with van der Waals surface area (Å²) in [6.07, 6.45) is 1.58. The summed E-state index contributed by atoms with van der Waals surface area (Å²) < 4.78 is 12.7. The lowest BCUT2D eigenvalue weighted by atomic mass is 10.2. The first-order valence-corrected chi connectivity index (χ1v) is 12.8. The Balaban J connectivity index is 1.61. The molecule has 1 amide bonds. The van der Waals surface area contributed by atoms with E-state index < -0.39 is 0 Å². The van der Waals surface area contributed by atoms with Crippen LogP contribution in [-0.2, 0) is 11.4 Å². The third-order valence-electron chi connectivity index (χ3n) is 4.25. The Morgan fingerprint density at radius 3 is 2.61 bits per heavy atom. The third-order valence-corrected chi connectivity index (χ3v) is 6.68. The van der Waals surface area contributed by atoms with Crippen molar-refractivity contribution in [3.05, 3.63) is 85.4 Å². The van der Waals surface area contributed by atoms with Gasteiger partial charge in [-0.25, -0.2) is 5.43 Å². The second-order valence-electron chi connectivity index (χ2n) is 6.68. The predicted octanol–water partition coefficient (Wildman–Crippen LogP) is 6.82. The van der Waals surface area contributed by atoms with Crippen molar-refractivity contribution in [3.8, 4) is 11.5 Å². The van der Waals surface area contributed by atoms with Crippen LogP contribution in [0.15, 0.2) is 70.7 Å². The first kappa shape index (κ1) is 25.7. The summed E-state index contributed by atoms with van der Waals surface area (Å²) in [7, 11) is 0. The molecule has 0 unspecified atom stereocenters. The Morgan fingerprint density at radius 1 is 1.12 bits per heavy atom.